The lowest BCUT2D eigenvalue weighted by atomic mass is 10.1. The number of aromatic nitrogens is 3. The Balaban J connectivity index is 1.49. The van der Waals surface area contributed by atoms with Crippen LogP contribution in [0.15, 0.2) is 84.0 Å². The summed E-state index contributed by atoms with van der Waals surface area (Å²) in [6, 6.07) is 25.7. The predicted octanol–water partition coefficient (Wildman–Crippen LogP) is 6.02. The number of ether oxygens (including phenoxy) is 1. The molecule has 4 aromatic rings. The lowest BCUT2D eigenvalue weighted by Crippen LogP contribution is -2.14. The lowest BCUT2D eigenvalue weighted by Gasteiger charge is -2.11. The Labute approximate surface area is 204 Å². The molecule has 0 unspecified atom stereocenters. The molecule has 0 aliphatic rings. The molecule has 4 rings (SSSR count). The Kier molecular flexibility index (Phi) is 7.99. The molecule has 1 amide bonds. The number of amides is 1. The van der Waals surface area contributed by atoms with Crippen LogP contribution in [0.3, 0.4) is 0 Å². The van der Waals surface area contributed by atoms with Gasteiger partial charge in [-0.2, -0.15) is 0 Å². The zero-order valence-corrected chi connectivity index (χ0v) is 20.2. The van der Waals surface area contributed by atoms with E-state index >= 15 is 0 Å². The minimum atomic E-state index is -0.0834. The molecule has 0 saturated carbocycles. The highest BCUT2D eigenvalue weighted by molar-refractivity contribution is 7.99. The summed E-state index contributed by atoms with van der Waals surface area (Å²) in [4.78, 5) is 12.6. The Morgan fingerprint density at radius 3 is 2.38 bits per heavy atom. The van der Waals surface area contributed by atoms with Crippen molar-refractivity contribution in [3.63, 3.8) is 0 Å². The summed E-state index contributed by atoms with van der Waals surface area (Å²) >= 11 is 1.36. The number of benzene rings is 3. The molecule has 0 bridgehead atoms. The molecule has 1 N–H and O–H groups in total. The van der Waals surface area contributed by atoms with Crippen LogP contribution in [0.4, 0.5) is 5.69 Å². The van der Waals surface area contributed by atoms with E-state index in [4.69, 9.17) is 4.74 Å². The van der Waals surface area contributed by atoms with Crippen LogP contribution >= 0.6 is 11.8 Å². The highest BCUT2D eigenvalue weighted by atomic mass is 32.2. The van der Waals surface area contributed by atoms with E-state index < -0.39 is 0 Å². The number of para-hydroxylation sites is 1. The van der Waals surface area contributed by atoms with Crippen molar-refractivity contribution in [2.24, 2.45) is 0 Å². The number of carbonyl (C=O) groups excluding carboxylic acids is 1. The van der Waals surface area contributed by atoms with Gasteiger partial charge >= 0.3 is 0 Å². The SMILES string of the molecule is CCCCc1ccc(NC(=O)CSc2nnc(-c3ccc(OC)cc3)n2-c2ccccc2)cc1. The highest BCUT2D eigenvalue weighted by Crippen LogP contribution is 2.29. The van der Waals surface area contributed by atoms with Crippen molar-refractivity contribution in [2.45, 2.75) is 31.3 Å². The molecule has 0 aliphatic carbocycles. The van der Waals surface area contributed by atoms with Crippen molar-refractivity contribution in [3.8, 4) is 22.8 Å². The van der Waals surface area contributed by atoms with Crippen LogP contribution < -0.4 is 10.1 Å². The number of nitrogens with zero attached hydrogens (tertiary/aromatic N) is 3. The first-order chi connectivity index (χ1) is 16.7. The summed E-state index contributed by atoms with van der Waals surface area (Å²) < 4.78 is 7.25. The molecular formula is C27H28N4O2S. The topological polar surface area (TPSA) is 69.0 Å². The summed E-state index contributed by atoms with van der Waals surface area (Å²) in [6.07, 6.45) is 3.40. The molecule has 7 heteroatoms. The Morgan fingerprint density at radius 2 is 1.71 bits per heavy atom. The summed E-state index contributed by atoms with van der Waals surface area (Å²) in [5, 5.41) is 12.5. The van der Waals surface area contributed by atoms with Gasteiger partial charge in [0.25, 0.3) is 0 Å². The molecule has 3 aromatic carbocycles. The summed E-state index contributed by atoms with van der Waals surface area (Å²) in [5.41, 5.74) is 3.94. The highest BCUT2D eigenvalue weighted by Gasteiger charge is 2.17. The Bertz CT molecular complexity index is 1210. The molecule has 6 nitrogen and oxygen atoms in total. The van der Waals surface area contributed by atoms with Crippen molar-refractivity contribution in [1.82, 2.24) is 14.8 Å². The summed E-state index contributed by atoms with van der Waals surface area (Å²) in [6.45, 7) is 2.19. The normalized spacial score (nSPS) is 10.8. The van der Waals surface area contributed by atoms with E-state index in [1.54, 1.807) is 7.11 Å². The van der Waals surface area contributed by atoms with Crippen LogP contribution in [0.25, 0.3) is 17.1 Å². The number of methoxy groups -OCH3 is 1. The van der Waals surface area contributed by atoms with Gasteiger partial charge < -0.3 is 10.1 Å². The van der Waals surface area contributed by atoms with Crippen LogP contribution in [0.1, 0.15) is 25.3 Å². The van der Waals surface area contributed by atoms with E-state index in [0.717, 1.165) is 29.1 Å². The standard InChI is InChI=1S/C27H28N4O2S/c1-3-4-8-20-11-15-22(16-12-20)28-25(32)19-34-27-30-29-26(21-13-17-24(33-2)18-14-21)31(27)23-9-6-5-7-10-23/h5-7,9-18H,3-4,8,19H2,1-2H3,(H,28,32). The maximum atomic E-state index is 12.6. The fourth-order valence-corrected chi connectivity index (χ4v) is 4.32. The van der Waals surface area contributed by atoms with Gasteiger partial charge in [-0.1, -0.05) is 55.4 Å². The van der Waals surface area contributed by atoms with Gasteiger partial charge in [0.2, 0.25) is 5.91 Å². The second-order valence-electron chi connectivity index (χ2n) is 7.84. The van der Waals surface area contributed by atoms with Crippen LogP contribution in [-0.2, 0) is 11.2 Å². The minimum Gasteiger partial charge on any atom is -0.497 e. The maximum absolute atomic E-state index is 12.6. The summed E-state index contributed by atoms with van der Waals surface area (Å²) in [7, 11) is 1.64. The predicted molar refractivity (Wildman–Crippen MR) is 138 cm³/mol. The average Bonchev–Trinajstić information content (AvgIpc) is 3.31. The number of aryl methyl sites for hydroxylation is 1. The zero-order chi connectivity index (χ0) is 23.8. The zero-order valence-electron chi connectivity index (χ0n) is 19.4. The fourth-order valence-electron chi connectivity index (χ4n) is 3.56. The first kappa shape index (κ1) is 23.6. The number of anilines is 1. The van der Waals surface area contributed by atoms with Crippen molar-refractivity contribution < 1.29 is 9.53 Å². The first-order valence-corrected chi connectivity index (χ1v) is 12.3. The first-order valence-electron chi connectivity index (χ1n) is 11.3. The molecule has 0 fully saturated rings. The monoisotopic (exact) mass is 472 g/mol. The van der Waals surface area contributed by atoms with Gasteiger partial charge in [0.15, 0.2) is 11.0 Å². The van der Waals surface area contributed by atoms with E-state index in [2.05, 4.69) is 34.6 Å². The molecule has 0 saturated heterocycles. The molecule has 0 atom stereocenters. The van der Waals surface area contributed by atoms with E-state index in [1.807, 2.05) is 71.3 Å². The molecule has 34 heavy (non-hydrogen) atoms. The molecule has 0 spiro atoms. The van der Waals surface area contributed by atoms with Gasteiger partial charge in [-0.3, -0.25) is 9.36 Å². The van der Waals surface area contributed by atoms with Crippen molar-refractivity contribution in [3.05, 3.63) is 84.4 Å². The smallest absolute Gasteiger partial charge is 0.234 e. The molecule has 1 heterocycles. The second kappa shape index (κ2) is 11.5. The quantitative estimate of drug-likeness (QED) is 0.286. The van der Waals surface area contributed by atoms with Gasteiger partial charge in [-0.05, 0) is 66.9 Å². The number of hydrogen-bond acceptors (Lipinski definition) is 5. The third kappa shape index (κ3) is 5.85. The number of nitrogens with one attached hydrogen (secondary N) is 1. The van der Waals surface area contributed by atoms with Crippen molar-refractivity contribution >= 4 is 23.4 Å². The number of hydrogen-bond donors (Lipinski definition) is 1. The van der Waals surface area contributed by atoms with Crippen LogP contribution in [0.5, 0.6) is 5.75 Å². The number of rotatable bonds is 10. The number of unbranched alkanes of at least 4 members (excludes halogenated alkanes) is 1. The maximum Gasteiger partial charge on any atom is 0.234 e. The minimum absolute atomic E-state index is 0.0834. The van der Waals surface area contributed by atoms with Crippen LogP contribution in [-0.4, -0.2) is 33.5 Å². The van der Waals surface area contributed by atoms with Gasteiger partial charge in [0.05, 0.1) is 12.9 Å². The van der Waals surface area contributed by atoms with Gasteiger partial charge in [0.1, 0.15) is 5.75 Å². The third-order valence-electron chi connectivity index (χ3n) is 5.39. The van der Waals surface area contributed by atoms with Crippen molar-refractivity contribution in [1.29, 1.82) is 0 Å². The van der Waals surface area contributed by atoms with E-state index in [-0.39, 0.29) is 11.7 Å². The molecule has 0 radical (unpaired) electrons. The Hall–Kier alpha value is -3.58. The Morgan fingerprint density at radius 1 is 0.971 bits per heavy atom. The third-order valence-corrected chi connectivity index (χ3v) is 6.31. The van der Waals surface area contributed by atoms with Crippen molar-refractivity contribution in [2.75, 3.05) is 18.2 Å². The molecule has 1 aromatic heterocycles. The van der Waals surface area contributed by atoms with E-state index in [1.165, 1.54) is 30.2 Å². The van der Waals surface area contributed by atoms with Gasteiger partial charge in [-0.25, -0.2) is 0 Å². The fraction of sp³-hybridized carbons (Fsp3) is 0.222. The second-order valence-corrected chi connectivity index (χ2v) is 8.79. The van der Waals surface area contributed by atoms with Gasteiger partial charge in [0, 0.05) is 16.9 Å². The number of thioether (sulfide) groups is 1. The average molecular weight is 473 g/mol. The lowest BCUT2D eigenvalue weighted by molar-refractivity contribution is -0.113. The molecule has 174 valence electrons. The molecule has 0 aliphatic heterocycles. The van der Waals surface area contributed by atoms with E-state index in [0.29, 0.717) is 11.0 Å². The summed E-state index contributed by atoms with van der Waals surface area (Å²) in [5.74, 6) is 1.63. The van der Waals surface area contributed by atoms with E-state index in [9.17, 15) is 4.79 Å². The van der Waals surface area contributed by atoms with Crippen LogP contribution in [0.2, 0.25) is 0 Å². The van der Waals surface area contributed by atoms with Crippen LogP contribution in [0, 0.1) is 0 Å². The largest absolute Gasteiger partial charge is 0.497 e. The van der Waals surface area contributed by atoms with Gasteiger partial charge in [-0.15, -0.1) is 10.2 Å². The number of carbonyl (C=O) groups is 1. The molecular weight excluding hydrogens is 444 g/mol.